The summed E-state index contributed by atoms with van der Waals surface area (Å²) in [6.45, 7) is 8.45. The van der Waals surface area contributed by atoms with Crippen LogP contribution in [0.3, 0.4) is 0 Å². The van der Waals surface area contributed by atoms with E-state index in [0.29, 0.717) is 6.04 Å². The SMILES string of the molecule is Cc1ccc(CN(C)CCC(C)N)c(C)c1. The molecule has 0 spiro atoms. The van der Waals surface area contributed by atoms with Crippen molar-refractivity contribution in [2.45, 2.75) is 39.8 Å². The Hall–Kier alpha value is -0.860. The molecular formula is C14H24N2. The molecule has 1 atom stereocenters. The Kier molecular flexibility index (Phi) is 4.97. The van der Waals surface area contributed by atoms with Gasteiger partial charge in [-0.15, -0.1) is 0 Å². The molecule has 1 aromatic rings. The Labute approximate surface area is 99.5 Å². The topological polar surface area (TPSA) is 29.3 Å². The van der Waals surface area contributed by atoms with E-state index in [4.69, 9.17) is 5.73 Å². The molecule has 2 heteroatoms. The predicted molar refractivity (Wildman–Crippen MR) is 70.5 cm³/mol. The van der Waals surface area contributed by atoms with Crippen LogP contribution in [0.1, 0.15) is 30.0 Å². The molecule has 0 saturated carbocycles. The van der Waals surface area contributed by atoms with E-state index in [0.717, 1.165) is 19.5 Å². The highest BCUT2D eigenvalue weighted by atomic mass is 15.1. The lowest BCUT2D eigenvalue weighted by Gasteiger charge is -2.19. The van der Waals surface area contributed by atoms with Gasteiger partial charge in [-0.2, -0.15) is 0 Å². The summed E-state index contributed by atoms with van der Waals surface area (Å²) in [6, 6.07) is 6.95. The van der Waals surface area contributed by atoms with Crippen molar-refractivity contribution < 1.29 is 0 Å². The number of rotatable bonds is 5. The van der Waals surface area contributed by atoms with Gasteiger partial charge in [0.05, 0.1) is 0 Å². The van der Waals surface area contributed by atoms with Gasteiger partial charge in [-0.25, -0.2) is 0 Å². The Morgan fingerprint density at radius 1 is 1.31 bits per heavy atom. The van der Waals surface area contributed by atoms with Crippen LogP contribution in [0.4, 0.5) is 0 Å². The Balaban J connectivity index is 2.52. The first-order chi connectivity index (χ1) is 7.49. The number of hydrogen-bond acceptors (Lipinski definition) is 2. The summed E-state index contributed by atoms with van der Waals surface area (Å²) in [7, 11) is 2.15. The highest BCUT2D eigenvalue weighted by molar-refractivity contribution is 5.30. The summed E-state index contributed by atoms with van der Waals surface area (Å²) >= 11 is 0. The average Bonchev–Trinajstić information content (AvgIpc) is 2.19. The second kappa shape index (κ2) is 6.02. The minimum Gasteiger partial charge on any atom is -0.328 e. The Bertz CT molecular complexity index is 332. The van der Waals surface area contributed by atoms with Gasteiger partial charge in [0.1, 0.15) is 0 Å². The molecule has 1 aromatic carbocycles. The minimum absolute atomic E-state index is 0.293. The maximum atomic E-state index is 5.76. The zero-order valence-corrected chi connectivity index (χ0v) is 11.0. The lowest BCUT2D eigenvalue weighted by Crippen LogP contribution is -2.26. The van der Waals surface area contributed by atoms with Gasteiger partial charge in [-0.3, -0.25) is 0 Å². The van der Waals surface area contributed by atoms with Gasteiger partial charge in [-0.05, 0) is 51.9 Å². The predicted octanol–water partition coefficient (Wildman–Crippen LogP) is 2.47. The fourth-order valence-electron chi connectivity index (χ4n) is 1.82. The van der Waals surface area contributed by atoms with E-state index in [1.165, 1.54) is 16.7 Å². The molecule has 0 saturated heterocycles. The smallest absolute Gasteiger partial charge is 0.0233 e. The number of nitrogens with two attached hydrogens (primary N) is 1. The zero-order valence-electron chi connectivity index (χ0n) is 11.0. The maximum Gasteiger partial charge on any atom is 0.0233 e. The minimum atomic E-state index is 0.293. The lowest BCUT2D eigenvalue weighted by molar-refractivity contribution is 0.313. The monoisotopic (exact) mass is 220 g/mol. The number of benzene rings is 1. The number of hydrogen-bond donors (Lipinski definition) is 1. The Morgan fingerprint density at radius 2 is 2.00 bits per heavy atom. The van der Waals surface area contributed by atoms with Crippen LogP contribution in [0.15, 0.2) is 18.2 Å². The molecular weight excluding hydrogens is 196 g/mol. The molecule has 90 valence electrons. The van der Waals surface area contributed by atoms with Crippen LogP contribution in [0.25, 0.3) is 0 Å². The Morgan fingerprint density at radius 3 is 2.56 bits per heavy atom. The van der Waals surface area contributed by atoms with Gasteiger partial charge in [0.25, 0.3) is 0 Å². The lowest BCUT2D eigenvalue weighted by atomic mass is 10.1. The second-order valence-electron chi connectivity index (χ2n) is 4.93. The van der Waals surface area contributed by atoms with Crippen molar-refractivity contribution >= 4 is 0 Å². The average molecular weight is 220 g/mol. The van der Waals surface area contributed by atoms with Crippen LogP contribution in [-0.2, 0) is 6.54 Å². The summed E-state index contributed by atoms with van der Waals surface area (Å²) in [6.07, 6.45) is 1.06. The fourth-order valence-corrected chi connectivity index (χ4v) is 1.82. The molecule has 2 nitrogen and oxygen atoms in total. The summed E-state index contributed by atoms with van der Waals surface area (Å²) in [5.74, 6) is 0. The van der Waals surface area contributed by atoms with E-state index in [2.05, 4.69) is 50.9 Å². The molecule has 16 heavy (non-hydrogen) atoms. The molecule has 0 aliphatic carbocycles. The molecule has 0 aliphatic heterocycles. The van der Waals surface area contributed by atoms with Crippen LogP contribution in [0.2, 0.25) is 0 Å². The quantitative estimate of drug-likeness (QED) is 0.826. The van der Waals surface area contributed by atoms with Gasteiger partial charge in [0.15, 0.2) is 0 Å². The van der Waals surface area contributed by atoms with Crippen LogP contribution in [-0.4, -0.2) is 24.5 Å². The van der Waals surface area contributed by atoms with E-state index >= 15 is 0 Å². The molecule has 1 unspecified atom stereocenters. The van der Waals surface area contributed by atoms with Crippen LogP contribution in [0.5, 0.6) is 0 Å². The van der Waals surface area contributed by atoms with E-state index < -0.39 is 0 Å². The van der Waals surface area contributed by atoms with E-state index in [1.807, 2.05) is 0 Å². The first-order valence-corrected chi connectivity index (χ1v) is 5.99. The van der Waals surface area contributed by atoms with Gasteiger partial charge < -0.3 is 10.6 Å². The maximum absolute atomic E-state index is 5.76. The van der Waals surface area contributed by atoms with Crippen molar-refractivity contribution in [3.05, 3.63) is 34.9 Å². The largest absolute Gasteiger partial charge is 0.328 e. The molecule has 0 fully saturated rings. The summed E-state index contributed by atoms with van der Waals surface area (Å²) < 4.78 is 0. The van der Waals surface area contributed by atoms with Crippen molar-refractivity contribution in [2.75, 3.05) is 13.6 Å². The summed E-state index contributed by atoms with van der Waals surface area (Å²) in [4.78, 5) is 2.33. The summed E-state index contributed by atoms with van der Waals surface area (Å²) in [5.41, 5.74) is 9.89. The molecule has 2 N–H and O–H groups in total. The third-order valence-electron chi connectivity index (χ3n) is 2.90. The van der Waals surface area contributed by atoms with Crippen LogP contribution in [0, 0.1) is 13.8 Å². The molecule has 0 bridgehead atoms. The van der Waals surface area contributed by atoms with Crippen molar-refractivity contribution in [2.24, 2.45) is 5.73 Å². The molecule has 1 rings (SSSR count). The van der Waals surface area contributed by atoms with E-state index in [9.17, 15) is 0 Å². The van der Waals surface area contributed by atoms with Crippen molar-refractivity contribution in [1.82, 2.24) is 4.90 Å². The number of nitrogens with zero attached hydrogens (tertiary/aromatic N) is 1. The molecule has 0 amide bonds. The highest BCUT2D eigenvalue weighted by Gasteiger charge is 2.04. The van der Waals surface area contributed by atoms with Gasteiger partial charge in [-0.1, -0.05) is 23.8 Å². The van der Waals surface area contributed by atoms with Gasteiger partial charge in [0, 0.05) is 12.6 Å². The van der Waals surface area contributed by atoms with Crippen LogP contribution >= 0.6 is 0 Å². The van der Waals surface area contributed by atoms with Crippen molar-refractivity contribution in [1.29, 1.82) is 0 Å². The van der Waals surface area contributed by atoms with Gasteiger partial charge in [0.2, 0.25) is 0 Å². The van der Waals surface area contributed by atoms with E-state index in [-0.39, 0.29) is 0 Å². The number of aryl methyl sites for hydroxylation is 2. The molecule has 0 radical (unpaired) electrons. The zero-order chi connectivity index (χ0) is 12.1. The fraction of sp³-hybridized carbons (Fsp3) is 0.571. The van der Waals surface area contributed by atoms with Gasteiger partial charge >= 0.3 is 0 Å². The third-order valence-corrected chi connectivity index (χ3v) is 2.90. The first-order valence-electron chi connectivity index (χ1n) is 5.99. The standard InChI is InChI=1S/C14H24N2/c1-11-5-6-14(12(2)9-11)10-16(4)8-7-13(3)15/h5-6,9,13H,7-8,10,15H2,1-4H3. The van der Waals surface area contributed by atoms with Crippen molar-refractivity contribution in [3.63, 3.8) is 0 Å². The molecule has 0 heterocycles. The van der Waals surface area contributed by atoms with E-state index in [1.54, 1.807) is 0 Å². The third kappa shape index (κ3) is 4.33. The van der Waals surface area contributed by atoms with Crippen LogP contribution < -0.4 is 5.73 Å². The summed E-state index contributed by atoms with van der Waals surface area (Å²) in [5, 5.41) is 0. The first kappa shape index (κ1) is 13.2. The highest BCUT2D eigenvalue weighted by Crippen LogP contribution is 2.12. The molecule has 0 aliphatic rings. The second-order valence-corrected chi connectivity index (χ2v) is 4.93. The van der Waals surface area contributed by atoms with Crippen molar-refractivity contribution in [3.8, 4) is 0 Å². The molecule has 0 aromatic heterocycles. The normalized spacial score (nSPS) is 13.1.